The number of allylic oxidation sites excluding steroid dienone is 2. The van der Waals surface area contributed by atoms with E-state index in [0.29, 0.717) is 11.7 Å². The van der Waals surface area contributed by atoms with Gasteiger partial charge >= 0.3 is 0 Å². The zero-order chi connectivity index (χ0) is 14.2. The van der Waals surface area contributed by atoms with Crippen LogP contribution in [0.5, 0.6) is 5.75 Å². The fraction of sp³-hybridized carbons (Fsp3) is 0.556. The van der Waals surface area contributed by atoms with Crippen LogP contribution in [0.4, 0.5) is 0 Å². The predicted molar refractivity (Wildman–Crippen MR) is 80.6 cm³/mol. The molecule has 0 unspecified atom stereocenters. The van der Waals surface area contributed by atoms with E-state index in [1.807, 2.05) is 12.1 Å². The SMILES string of the molecule is C[C@]12CC=C(CCc3ccc(O)cc3)C[C@@H]1CC[C@@H]2O. The van der Waals surface area contributed by atoms with Gasteiger partial charge in [-0.25, -0.2) is 0 Å². The summed E-state index contributed by atoms with van der Waals surface area (Å²) in [7, 11) is 0. The molecule has 0 saturated heterocycles. The summed E-state index contributed by atoms with van der Waals surface area (Å²) >= 11 is 0. The van der Waals surface area contributed by atoms with Gasteiger partial charge in [0.05, 0.1) is 6.10 Å². The first-order valence-corrected chi connectivity index (χ1v) is 7.72. The van der Waals surface area contributed by atoms with Crippen LogP contribution in [0.2, 0.25) is 0 Å². The van der Waals surface area contributed by atoms with Crippen molar-refractivity contribution in [3.8, 4) is 5.75 Å². The Labute approximate surface area is 121 Å². The zero-order valence-corrected chi connectivity index (χ0v) is 12.2. The van der Waals surface area contributed by atoms with Gasteiger partial charge in [0.15, 0.2) is 0 Å². The van der Waals surface area contributed by atoms with E-state index < -0.39 is 0 Å². The molecule has 0 aliphatic heterocycles. The van der Waals surface area contributed by atoms with Crippen LogP contribution in [-0.2, 0) is 6.42 Å². The first-order valence-electron chi connectivity index (χ1n) is 7.72. The minimum Gasteiger partial charge on any atom is -0.508 e. The van der Waals surface area contributed by atoms with Crippen molar-refractivity contribution in [2.75, 3.05) is 0 Å². The lowest BCUT2D eigenvalue weighted by molar-refractivity contribution is 0.0371. The van der Waals surface area contributed by atoms with Gasteiger partial charge in [-0.15, -0.1) is 0 Å². The van der Waals surface area contributed by atoms with Crippen LogP contribution in [0.1, 0.15) is 44.6 Å². The summed E-state index contributed by atoms with van der Waals surface area (Å²) in [5.74, 6) is 0.999. The molecule has 1 aromatic carbocycles. The number of rotatable bonds is 3. The topological polar surface area (TPSA) is 40.5 Å². The Morgan fingerprint density at radius 3 is 2.65 bits per heavy atom. The number of aliphatic hydroxyl groups excluding tert-OH is 1. The zero-order valence-electron chi connectivity index (χ0n) is 12.2. The quantitative estimate of drug-likeness (QED) is 0.821. The maximum atomic E-state index is 10.2. The Bertz CT molecular complexity index is 503. The van der Waals surface area contributed by atoms with E-state index in [1.165, 1.54) is 12.0 Å². The number of aliphatic hydroxyl groups is 1. The maximum absolute atomic E-state index is 10.2. The van der Waals surface area contributed by atoms with E-state index in [9.17, 15) is 10.2 Å². The minimum absolute atomic E-state index is 0.109. The number of fused-ring (bicyclic) bond motifs is 1. The molecule has 2 N–H and O–H groups in total. The summed E-state index contributed by atoms with van der Waals surface area (Å²) in [5.41, 5.74) is 2.96. The van der Waals surface area contributed by atoms with Gasteiger partial charge < -0.3 is 10.2 Å². The molecule has 2 aliphatic rings. The van der Waals surface area contributed by atoms with E-state index >= 15 is 0 Å². The smallest absolute Gasteiger partial charge is 0.115 e. The third-order valence-corrected chi connectivity index (χ3v) is 5.49. The van der Waals surface area contributed by atoms with Crippen molar-refractivity contribution in [2.45, 2.75) is 51.6 Å². The molecular formula is C18H24O2. The number of phenolic OH excluding ortho intramolecular Hbond substituents is 1. The molecule has 1 fully saturated rings. The van der Waals surface area contributed by atoms with Crippen molar-refractivity contribution in [1.82, 2.24) is 0 Å². The molecule has 1 saturated carbocycles. The number of hydrogen-bond acceptors (Lipinski definition) is 2. The van der Waals surface area contributed by atoms with E-state index in [-0.39, 0.29) is 11.5 Å². The van der Waals surface area contributed by atoms with Gasteiger partial charge in [0.1, 0.15) is 5.75 Å². The average molecular weight is 272 g/mol. The maximum Gasteiger partial charge on any atom is 0.115 e. The highest BCUT2D eigenvalue weighted by Crippen LogP contribution is 2.51. The molecule has 0 heterocycles. The van der Waals surface area contributed by atoms with E-state index in [2.05, 4.69) is 13.0 Å². The Balaban J connectivity index is 1.61. The molecule has 2 nitrogen and oxygen atoms in total. The van der Waals surface area contributed by atoms with Crippen LogP contribution < -0.4 is 0 Å². The van der Waals surface area contributed by atoms with E-state index in [4.69, 9.17) is 0 Å². The summed E-state index contributed by atoms with van der Waals surface area (Å²) in [6, 6.07) is 7.52. The normalized spacial score (nSPS) is 32.8. The van der Waals surface area contributed by atoms with Crippen molar-refractivity contribution in [3.05, 3.63) is 41.5 Å². The third-order valence-electron chi connectivity index (χ3n) is 5.49. The van der Waals surface area contributed by atoms with Crippen molar-refractivity contribution >= 4 is 0 Å². The molecule has 3 rings (SSSR count). The monoisotopic (exact) mass is 272 g/mol. The van der Waals surface area contributed by atoms with Gasteiger partial charge in [-0.1, -0.05) is 30.7 Å². The number of aryl methyl sites for hydroxylation is 1. The van der Waals surface area contributed by atoms with Gasteiger partial charge in [0.2, 0.25) is 0 Å². The molecule has 2 heteroatoms. The van der Waals surface area contributed by atoms with E-state index in [1.54, 1.807) is 17.7 Å². The summed E-state index contributed by atoms with van der Waals surface area (Å²) in [6.45, 7) is 2.25. The van der Waals surface area contributed by atoms with Crippen molar-refractivity contribution in [2.24, 2.45) is 11.3 Å². The first-order chi connectivity index (χ1) is 9.58. The molecule has 1 aromatic rings. The van der Waals surface area contributed by atoms with Crippen LogP contribution in [0.15, 0.2) is 35.9 Å². The predicted octanol–water partition coefficient (Wildman–Crippen LogP) is 3.82. The lowest BCUT2D eigenvalue weighted by Crippen LogP contribution is -2.34. The second kappa shape index (κ2) is 5.25. The molecule has 3 atom stereocenters. The molecular weight excluding hydrogens is 248 g/mol. The van der Waals surface area contributed by atoms with Gasteiger partial charge in [0, 0.05) is 5.41 Å². The molecule has 0 bridgehead atoms. The summed E-state index contributed by atoms with van der Waals surface area (Å²) < 4.78 is 0. The molecule has 20 heavy (non-hydrogen) atoms. The lowest BCUT2D eigenvalue weighted by atomic mass is 9.69. The Morgan fingerprint density at radius 2 is 1.90 bits per heavy atom. The van der Waals surface area contributed by atoms with Crippen molar-refractivity contribution in [3.63, 3.8) is 0 Å². The fourth-order valence-electron chi connectivity index (χ4n) is 3.86. The minimum atomic E-state index is -0.109. The Morgan fingerprint density at radius 1 is 1.15 bits per heavy atom. The Hall–Kier alpha value is -1.28. The highest BCUT2D eigenvalue weighted by molar-refractivity contribution is 5.27. The largest absolute Gasteiger partial charge is 0.508 e. The Kier molecular flexibility index (Phi) is 3.59. The number of benzene rings is 1. The van der Waals surface area contributed by atoms with Crippen LogP contribution in [0.25, 0.3) is 0 Å². The molecule has 0 amide bonds. The highest BCUT2D eigenvalue weighted by atomic mass is 16.3. The standard InChI is InChI=1S/C18H24O2/c1-18-11-10-14(12-15(18)6-9-17(18)20)3-2-13-4-7-16(19)8-5-13/h4-5,7-8,10,15,17,19-20H,2-3,6,9,11-12H2,1H3/t15-,17-,18-/m0/s1. The summed E-state index contributed by atoms with van der Waals surface area (Å²) in [5, 5.41) is 19.4. The van der Waals surface area contributed by atoms with Crippen LogP contribution >= 0.6 is 0 Å². The number of hydrogen-bond donors (Lipinski definition) is 2. The third kappa shape index (κ3) is 2.49. The van der Waals surface area contributed by atoms with E-state index in [0.717, 1.165) is 32.1 Å². The summed E-state index contributed by atoms with van der Waals surface area (Å²) in [4.78, 5) is 0. The van der Waals surface area contributed by atoms with Crippen molar-refractivity contribution < 1.29 is 10.2 Å². The van der Waals surface area contributed by atoms with Gasteiger partial charge in [-0.2, -0.15) is 0 Å². The molecule has 0 radical (unpaired) electrons. The van der Waals surface area contributed by atoms with Gasteiger partial charge in [0.25, 0.3) is 0 Å². The number of aromatic hydroxyl groups is 1. The average Bonchev–Trinajstić information content (AvgIpc) is 2.74. The first kappa shape index (κ1) is 13.7. The molecule has 108 valence electrons. The van der Waals surface area contributed by atoms with Crippen LogP contribution in [0.3, 0.4) is 0 Å². The molecule has 2 aliphatic carbocycles. The van der Waals surface area contributed by atoms with Gasteiger partial charge in [-0.3, -0.25) is 0 Å². The lowest BCUT2D eigenvalue weighted by Gasteiger charge is -2.38. The second-order valence-corrected chi connectivity index (χ2v) is 6.73. The van der Waals surface area contributed by atoms with Crippen LogP contribution in [-0.4, -0.2) is 16.3 Å². The number of phenols is 1. The van der Waals surface area contributed by atoms with Gasteiger partial charge in [-0.05, 0) is 62.1 Å². The molecule has 0 spiro atoms. The van der Waals surface area contributed by atoms with Crippen molar-refractivity contribution in [1.29, 1.82) is 0 Å². The fourth-order valence-corrected chi connectivity index (χ4v) is 3.86. The highest BCUT2D eigenvalue weighted by Gasteiger charge is 2.46. The molecule has 0 aromatic heterocycles. The summed E-state index contributed by atoms with van der Waals surface area (Å²) in [6.07, 6.45) is 8.74. The van der Waals surface area contributed by atoms with Crippen LogP contribution in [0, 0.1) is 11.3 Å². The second-order valence-electron chi connectivity index (χ2n) is 6.73.